The van der Waals surface area contributed by atoms with Crippen molar-refractivity contribution in [2.75, 3.05) is 102 Å². The van der Waals surface area contributed by atoms with Crippen LogP contribution in [0.1, 0.15) is 120 Å². The Hall–Kier alpha value is -13.5. The number of ketones is 2. The number of phenolic OH excluding ortho intramolecular Hbond substituents is 6. The van der Waals surface area contributed by atoms with Crippen LogP contribution in [0.5, 0.6) is 57.5 Å². The predicted octanol–water partition coefficient (Wildman–Crippen LogP) is 10.9. The lowest BCUT2D eigenvalue weighted by Gasteiger charge is -2.25. The van der Waals surface area contributed by atoms with Gasteiger partial charge in [-0.3, -0.25) is 38.4 Å². The minimum Gasteiger partial charge on any atom is -0.505 e. The number of hydrogen-bond donors (Lipinski definition) is 15. The quantitative estimate of drug-likeness (QED) is 0.0116. The number of aliphatic hydroxyl groups excluding tert-OH is 6. The third kappa shape index (κ3) is 13.2. The average Bonchev–Trinajstić information content (AvgIpc) is 1.31. The number of carbonyl (C=O) groups excluding carboxylic acids is 2. The average molecular weight is 1800 g/mol. The number of aliphatic hydroxyl groups is 6. The SMILES string of the molecule is CN(C)CCCN.CNCCCNc1c(O)c2c(=O)cc(CO)c3c4c(CO)cc(=O)c5c(O)c(OC)c6c(c(c1C=C(C)C6C(C)=O)c23)c54.COc1c(O)c2c(=O)cc(CO)c3c4c(CO)cc(=O)c5c(O)c(OC)c6c(c(c1CC(C)=C6C(C)=O)c23)c54.COc1c(O)c2c(=O)cc(CO)c3c4c(CO)cc(=O)c5c(O)c6c7c(c(C)cc1c(c23)c7c54)c(C)n6CCCN(C)C. The molecule has 0 spiro atoms. The molecule has 17 aromatic rings. The smallest absolute Gasteiger partial charge is 0.190 e. The predicted molar refractivity (Wildman–Crippen MR) is 516 cm³/mol. The Labute approximate surface area is 751 Å². The maximum absolute atomic E-state index is 13.8. The molecule has 16 N–H and O–H groups in total. The maximum Gasteiger partial charge on any atom is 0.190 e. The summed E-state index contributed by atoms with van der Waals surface area (Å²) in [4.78, 5) is 112. The standard InChI is InChI=1S/C34H32N2O7.C33H32N2O8.C30H24O9.C5H14N2/c1-14-9-18-24-27-22(16(12-37)11-20(40)26(27)33(42)34(18)43-5)23-17(13-38)10-19(39)25-28(23)29(24)30-21(14)15(2)36(31(30)32(25)41)8-6-7-35(3)4;1-13-8-17-23-26-21(15(11-36)9-18(39)24(26)31(41)30(17)35-7-5-6-34-3)22-16(12-37)10-19(40)25-27(22)28(23)29(20(13)14(2)38)33(43-4)32(25)42;1-10-5-14-20-23-18(12(8-31)6-15(34)21(23)27(36)29(14)38-3)19-13(9-32)7-16(35)22-24(19)25(20)26(17(10)11(2)33)30(39-4)28(22)37;1-7(2)5-3-4-6/h9-11,37-38,41-42H,6-8,12-13H2,1-5H3;8-10,20,34-37,41-42H,5-7,11-12H2,1-4H3;6-7,31-32,36-37H,5,8-9H2,1-4H3;3-6H2,1-2H3. The first-order chi connectivity index (χ1) is 63.1. The number of aromatic nitrogens is 1. The second kappa shape index (κ2) is 34.7. The third-order valence-electron chi connectivity index (χ3n) is 26.7. The number of rotatable bonds is 24. The highest BCUT2D eigenvalue weighted by Gasteiger charge is 2.41. The fraction of sp³-hybridized carbons (Fsp3) is 0.314. The Morgan fingerprint density at radius 1 is 0.439 bits per heavy atom. The second-order valence-corrected chi connectivity index (χ2v) is 34.8. The first-order valence-corrected chi connectivity index (χ1v) is 43.2. The second-order valence-electron chi connectivity index (χ2n) is 34.8. The lowest BCUT2D eigenvalue weighted by Crippen LogP contribution is -2.16. The summed E-state index contributed by atoms with van der Waals surface area (Å²) in [5, 5.41) is 148. The van der Waals surface area contributed by atoms with Crippen LogP contribution in [0, 0.1) is 13.8 Å². The molecule has 19 rings (SSSR count). The molecule has 0 fully saturated rings. The van der Waals surface area contributed by atoms with Crippen LogP contribution in [0.25, 0.3) is 163 Å². The van der Waals surface area contributed by atoms with Gasteiger partial charge in [-0.25, -0.2) is 0 Å². The van der Waals surface area contributed by atoms with Gasteiger partial charge < -0.3 is 111 Å². The molecule has 0 aliphatic heterocycles. The highest BCUT2D eigenvalue weighted by atomic mass is 16.5. The monoisotopic (exact) mass is 1790 g/mol. The maximum atomic E-state index is 13.8. The molecule has 0 bridgehead atoms. The molecule has 1 aromatic heterocycles. The van der Waals surface area contributed by atoms with Crippen molar-refractivity contribution < 1.29 is 89.8 Å². The van der Waals surface area contributed by atoms with Crippen molar-refractivity contribution in [3.8, 4) is 57.5 Å². The van der Waals surface area contributed by atoms with Crippen molar-refractivity contribution in [1.29, 1.82) is 0 Å². The van der Waals surface area contributed by atoms with Gasteiger partial charge in [0.15, 0.2) is 95.9 Å². The Kier molecular flexibility index (Phi) is 24.1. The Morgan fingerprint density at radius 2 is 0.833 bits per heavy atom. The molecular formula is C102H102N6O24. The fourth-order valence-corrected chi connectivity index (χ4v) is 21.7. The molecule has 30 nitrogen and oxygen atoms in total. The summed E-state index contributed by atoms with van der Waals surface area (Å²) in [6, 6.07) is 9.38. The van der Waals surface area contributed by atoms with Gasteiger partial charge in [0, 0.05) is 117 Å². The van der Waals surface area contributed by atoms with Crippen LogP contribution in [0.3, 0.4) is 0 Å². The number of Topliss-reactive ketones (excluding diaryl/α,β-unsaturated/α-hetero) is 2. The molecule has 30 heteroatoms. The van der Waals surface area contributed by atoms with Crippen molar-refractivity contribution in [1.82, 2.24) is 19.7 Å². The van der Waals surface area contributed by atoms with E-state index in [9.17, 15) is 99.6 Å². The number of carbonyl (C=O) groups is 2. The number of phenols is 6. The van der Waals surface area contributed by atoms with Gasteiger partial charge in [0.05, 0.1) is 118 Å². The number of allylic oxidation sites excluding steroid dienone is 3. The molecule has 2 aliphatic rings. The molecule has 0 radical (unpaired) electrons. The summed E-state index contributed by atoms with van der Waals surface area (Å²) < 4.78 is 24.8. The molecule has 2 aliphatic carbocycles. The largest absolute Gasteiger partial charge is 0.505 e. The minimum atomic E-state index is -0.906. The number of ether oxygens (including phenoxy) is 4. The van der Waals surface area contributed by atoms with E-state index in [1.165, 1.54) is 78.7 Å². The number of nitrogens with one attached hydrogen (secondary N) is 2. The van der Waals surface area contributed by atoms with Gasteiger partial charge in [0.2, 0.25) is 0 Å². The molecule has 0 amide bonds. The van der Waals surface area contributed by atoms with E-state index in [4.69, 9.17) is 24.7 Å². The van der Waals surface area contributed by atoms with Crippen molar-refractivity contribution in [2.45, 2.75) is 119 Å². The van der Waals surface area contributed by atoms with Crippen molar-refractivity contribution >= 4 is 180 Å². The van der Waals surface area contributed by atoms with Gasteiger partial charge in [0.25, 0.3) is 0 Å². The van der Waals surface area contributed by atoms with Gasteiger partial charge >= 0.3 is 0 Å². The number of aryl methyl sites for hydroxylation is 3. The first kappa shape index (κ1) is 91.8. The van der Waals surface area contributed by atoms with E-state index in [0.29, 0.717) is 162 Å². The van der Waals surface area contributed by atoms with Crippen LogP contribution in [-0.2, 0) is 62.2 Å². The molecule has 684 valence electrons. The number of aromatic hydroxyl groups is 6. The minimum absolute atomic E-state index is 0.00118. The Morgan fingerprint density at radius 3 is 1.26 bits per heavy atom. The molecule has 1 unspecified atom stereocenters. The molecule has 0 saturated heterocycles. The lowest BCUT2D eigenvalue weighted by atomic mass is 9.79. The van der Waals surface area contributed by atoms with E-state index < -0.39 is 89.6 Å². The molecule has 132 heavy (non-hydrogen) atoms. The van der Waals surface area contributed by atoms with Crippen LogP contribution in [0.15, 0.2) is 82.4 Å². The van der Waals surface area contributed by atoms with Gasteiger partial charge in [-0.15, -0.1) is 0 Å². The van der Waals surface area contributed by atoms with E-state index in [-0.39, 0.29) is 146 Å². The summed E-state index contributed by atoms with van der Waals surface area (Å²) >= 11 is 0. The lowest BCUT2D eigenvalue weighted by molar-refractivity contribution is -0.117. The van der Waals surface area contributed by atoms with Crippen molar-refractivity contribution in [3.05, 3.63) is 182 Å². The number of fused-ring (bicyclic) bond motifs is 3. The zero-order valence-corrected chi connectivity index (χ0v) is 75.7. The van der Waals surface area contributed by atoms with Gasteiger partial charge in [-0.2, -0.15) is 0 Å². The molecule has 1 atom stereocenters. The van der Waals surface area contributed by atoms with Crippen molar-refractivity contribution in [3.63, 3.8) is 0 Å². The number of anilines is 1. The van der Waals surface area contributed by atoms with Crippen LogP contribution in [0.4, 0.5) is 5.69 Å². The van der Waals surface area contributed by atoms with E-state index in [1.54, 1.807) is 19.9 Å². The summed E-state index contributed by atoms with van der Waals surface area (Å²) in [7, 11) is 15.4. The molecule has 1 heterocycles. The first-order valence-electron chi connectivity index (χ1n) is 43.2. The summed E-state index contributed by atoms with van der Waals surface area (Å²) in [6.07, 6.45) is 4.52. The zero-order chi connectivity index (χ0) is 95.3. The normalized spacial score (nSPS) is 13.4. The van der Waals surface area contributed by atoms with E-state index in [2.05, 4.69) is 39.1 Å². The Balaban J connectivity index is 0.000000139. The Bertz CT molecular complexity index is 8230. The topological polar surface area (TPSA) is 478 Å². The number of nitrogens with two attached hydrogens (primary N) is 1. The van der Waals surface area contributed by atoms with E-state index in [0.717, 1.165) is 54.5 Å². The number of methoxy groups -OCH3 is 4. The third-order valence-corrected chi connectivity index (χ3v) is 26.7. The van der Waals surface area contributed by atoms with Crippen LogP contribution in [-0.4, -0.2) is 184 Å². The summed E-state index contributed by atoms with van der Waals surface area (Å²) in [5.74, 6) is -3.47. The van der Waals surface area contributed by atoms with Crippen LogP contribution in [0.2, 0.25) is 0 Å². The number of hydrogen-bond acceptors (Lipinski definition) is 29. The summed E-state index contributed by atoms with van der Waals surface area (Å²) in [6.45, 7) is 11.6. The molecule has 0 saturated carbocycles. The molecular weight excluding hydrogens is 1690 g/mol. The highest BCUT2D eigenvalue weighted by molar-refractivity contribution is 6.47. The van der Waals surface area contributed by atoms with Crippen LogP contribution < -0.4 is 67.9 Å². The fourth-order valence-electron chi connectivity index (χ4n) is 21.7. The number of nitrogens with zero attached hydrogens (tertiary/aromatic N) is 3. The highest BCUT2D eigenvalue weighted by Crippen LogP contribution is 2.62. The van der Waals surface area contributed by atoms with Gasteiger partial charge in [-0.05, 0) is 253 Å². The van der Waals surface area contributed by atoms with Gasteiger partial charge in [0.1, 0.15) is 5.78 Å². The van der Waals surface area contributed by atoms with Crippen LogP contribution >= 0.6 is 0 Å². The van der Waals surface area contributed by atoms with Crippen molar-refractivity contribution in [2.24, 2.45) is 5.73 Å². The summed E-state index contributed by atoms with van der Waals surface area (Å²) in [5.41, 5.74) is 9.12. The number of benzene rings is 15. The van der Waals surface area contributed by atoms with E-state index >= 15 is 0 Å². The van der Waals surface area contributed by atoms with E-state index in [1.807, 2.05) is 41.1 Å². The zero-order valence-electron chi connectivity index (χ0n) is 75.7. The van der Waals surface area contributed by atoms with Gasteiger partial charge in [-0.1, -0.05) is 17.2 Å². The molecule has 16 aromatic carbocycles.